The molecule has 2 atom stereocenters. The molecule has 0 aliphatic carbocycles. The maximum Gasteiger partial charge on any atom is 0.0674 e. The molecule has 1 heterocycles. The van der Waals surface area contributed by atoms with Crippen molar-refractivity contribution in [1.82, 2.24) is 4.90 Å². The van der Waals surface area contributed by atoms with Crippen LogP contribution in [0.5, 0.6) is 0 Å². The van der Waals surface area contributed by atoms with Gasteiger partial charge in [0.05, 0.1) is 5.60 Å². The summed E-state index contributed by atoms with van der Waals surface area (Å²) >= 11 is 0. The largest absolute Gasteiger partial charge is 0.390 e. The Morgan fingerprint density at radius 2 is 2.23 bits per heavy atom. The highest BCUT2D eigenvalue weighted by Crippen LogP contribution is 2.30. The van der Waals surface area contributed by atoms with E-state index >= 15 is 0 Å². The molecule has 0 radical (unpaired) electrons. The summed E-state index contributed by atoms with van der Waals surface area (Å²) in [5.41, 5.74) is -0.359. The van der Waals surface area contributed by atoms with Gasteiger partial charge >= 0.3 is 0 Å². The Labute approximate surface area is 81.9 Å². The van der Waals surface area contributed by atoms with Crippen LogP contribution in [0.15, 0.2) is 0 Å². The Kier molecular flexibility index (Phi) is 3.74. The van der Waals surface area contributed by atoms with Crippen LogP contribution in [0.3, 0.4) is 0 Å². The smallest absolute Gasteiger partial charge is 0.0674 e. The fraction of sp³-hybridized carbons (Fsp3) is 1.00. The summed E-state index contributed by atoms with van der Waals surface area (Å²) in [4.78, 5) is 2.33. The molecule has 2 unspecified atom stereocenters. The average Bonchev–Trinajstić information content (AvgIpc) is 2.09. The SMILES string of the molecule is CCCCC1(O)CCN(C)C(C)C1. The molecule has 78 valence electrons. The van der Waals surface area contributed by atoms with Gasteiger partial charge in [0.1, 0.15) is 0 Å². The average molecular weight is 185 g/mol. The summed E-state index contributed by atoms with van der Waals surface area (Å²) in [5.74, 6) is 0. The lowest BCUT2D eigenvalue weighted by atomic mass is 9.83. The number of likely N-dealkylation sites (tertiary alicyclic amines) is 1. The highest BCUT2D eigenvalue weighted by molar-refractivity contribution is 4.88. The maximum absolute atomic E-state index is 10.3. The van der Waals surface area contributed by atoms with E-state index in [-0.39, 0.29) is 5.60 Å². The first kappa shape index (κ1) is 11.0. The third kappa shape index (κ3) is 2.96. The van der Waals surface area contributed by atoms with Crippen LogP contribution in [-0.2, 0) is 0 Å². The summed E-state index contributed by atoms with van der Waals surface area (Å²) < 4.78 is 0. The van der Waals surface area contributed by atoms with Crippen molar-refractivity contribution in [2.45, 2.75) is 57.6 Å². The first-order chi connectivity index (χ1) is 6.07. The molecule has 1 aliphatic rings. The van der Waals surface area contributed by atoms with E-state index in [4.69, 9.17) is 0 Å². The summed E-state index contributed by atoms with van der Waals surface area (Å²) in [5, 5.41) is 10.3. The van der Waals surface area contributed by atoms with E-state index in [2.05, 4.69) is 25.8 Å². The molecule has 1 rings (SSSR count). The van der Waals surface area contributed by atoms with Crippen molar-refractivity contribution in [2.75, 3.05) is 13.6 Å². The number of rotatable bonds is 3. The van der Waals surface area contributed by atoms with Gasteiger partial charge in [-0.15, -0.1) is 0 Å². The van der Waals surface area contributed by atoms with Gasteiger partial charge in [-0.3, -0.25) is 0 Å². The number of hydrogen-bond acceptors (Lipinski definition) is 2. The maximum atomic E-state index is 10.3. The van der Waals surface area contributed by atoms with Crippen molar-refractivity contribution in [3.63, 3.8) is 0 Å². The van der Waals surface area contributed by atoms with Crippen LogP contribution in [0, 0.1) is 0 Å². The van der Waals surface area contributed by atoms with E-state index in [1.807, 2.05) is 0 Å². The number of nitrogens with zero attached hydrogens (tertiary/aromatic N) is 1. The minimum absolute atomic E-state index is 0.359. The molecule has 1 saturated heterocycles. The van der Waals surface area contributed by atoms with Crippen LogP contribution in [-0.4, -0.2) is 35.2 Å². The lowest BCUT2D eigenvalue weighted by Crippen LogP contribution is -2.47. The Morgan fingerprint density at radius 1 is 1.54 bits per heavy atom. The number of unbranched alkanes of at least 4 members (excludes halogenated alkanes) is 1. The van der Waals surface area contributed by atoms with Gasteiger partial charge < -0.3 is 10.0 Å². The minimum atomic E-state index is -0.359. The van der Waals surface area contributed by atoms with Crippen molar-refractivity contribution in [3.8, 4) is 0 Å². The van der Waals surface area contributed by atoms with Crippen molar-refractivity contribution in [3.05, 3.63) is 0 Å². The first-order valence-corrected chi connectivity index (χ1v) is 5.50. The second-order valence-corrected chi connectivity index (χ2v) is 4.61. The van der Waals surface area contributed by atoms with E-state index in [9.17, 15) is 5.11 Å². The predicted octanol–water partition coefficient (Wildman–Crippen LogP) is 2.02. The Hall–Kier alpha value is -0.0800. The zero-order chi connectivity index (χ0) is 9.90. The highest BCUT2D eigenvalue weighted by atomic mass is 16.3. The fourth-order valence-electron chi connectivity index (χ4n) is 2.15. The third-order valence-corrected chi connectivity index (χ3v) is 3.35. The van der Waals surface area contributed by atoms with Gasteiger partial charge in [-0.2, -0.15) is 0 Å². The lowest BCUT2D eigenvalue weighted by Gasteiger charge is -2.41. The van der Waals surface area contributed by atoms with Crippen LogP contribution < -0.4 is 0 Å². The van der Waals surface area contributed by atoms with Crippen LogP contribution in [0.25, 0.3) is 0 Å². The van der Waals surface area contributed by atoms with E-state index < -0.39 is 0 Å². The van der Waals surface area contributed by atoms with E-state index in [1.165, 1.54) is 6.42 Å². The minimum Gasteiger partial charge on any atom is -0.390 e. The first-order valence-electron chi connectivity index (χ1n) is 5.50. The monoisotopic (exact) mass is 185 g/mol. The Morgan fingerprint density at radius 3 is 2.77 bits per heavy atom. The molecule has 0 bridgehead atoms. The van der Waals surface area contributed by atoms with Gasteiger partial charge in [0.25, 0.3) is 0 Å². The molecule has 2 heteroatoms. The summed E-state index contributed by atoms with van der Waals surface area (Å²) in [6, 6.07) is 0.538. The molecular formula is C11H23NO. The van der Waals surface area contributed by atoms with Gasteiger partial charge in [-0.1, -0.05) is 19.8 Å². The molecule has 0 saturated carbocycles. The molecule has 13 heavy (non-hydrogen) atoms. The quantitative estimate of drug-likeness (QED) is 0.727. The summed E-state index contributed by atoms with van der Waals surface area (Å²) in [6.45, 7) is 5.43. The molecule has 0 amide bonds. The summed E-state index contributed by atoms with van der Waals surface area (Å²) in [6.07, 6.45) is 5.23. The normalized spacial score (nSPS) is 36.5. The molecule has 0 aromatic rings. The number of aliphatic hydroxyl groups is 1. The summed E-state index contributed by atoms with van der Waals surface area (Å²) in [7, 11) is 2.14. The van der Waals surface area contributed by atoms with Crippen LogP contribution in [0.4, 0.5) is 0 Å². The molecule has 1 N–H and O–H groups in total. The second kappa shape index (κ2) is 4.43. The van der Waals surface area contributed by atoms with Crippen LogP contribution >= 0.6 is 0 Å². The van der Waals surface area contributed by atoms with E-state index in [0.717, 1.165) is 32.2 Å². The van der Waals surface area contributed by atoms with Crippen molar-refractivity contribution >= 4 is 0 Å². The van der Waals surface area contributed by atoms with Gasteiger partial charge in [-0.25, -0.2) is 0 Å². The topological polar surface area (TPSA) is 23.5 Å². The van der Waals surface area contributed by atoms with E-state index in [1.54, 1.807) is 0 Å². The van der Waals surface area contributed by atoms with E-state index in [0.29, 0.717) is 6.04 Å². The molecule has 0 aromatic carbocycles. The van der Waals surface area contributed by atoms with Gasteiger partial charge in [0.2, 0.25) is 0 Å². The van der Waals surface area contributed by atoms with Crippen LogP contribution in [0.1, 0.15) is 46.0 Å². The lowest BCUT2D eigenvalue weighted by molar-refractivity contribution is -0.0431. The number of piperidine rings is 1. The zero-order valence-electron chi connectivity index (χ0n) is 9.21. The standard InChI is InChI=1S/C11H23NO/c1-4-5-6-11(13)7-8-12(3)10(2)9-11/h10,13H,4-9H2,1-3H3. The third-order valence-electron chi connectivity index (χ3n) is 3.35. The number of hydrogen-bond donors (Lipinski definition) is 1. The van der Waals surface area contributed by atoms with Crippen molar-refractivity contribution < 1.29 is 5.11 Å². The van der Waals surface area contributed by atoms with Gasteiger partial charge in [0, 0.05) is 12.6 Å². The molecule has 1 aliphatic heterocycles. The molecule has 2 nitrogen and oxygen atoms in total. The zero-order valence-corrected chi connectivity index (χ0v) is 9.21. The van der Waals surface area contributed by atoms with Gasteiger partial charge in [0.15, 0.2) is 0 Å². The Balaban J connectivity index is 2.41. The van der Waals surface area contributed by atoms with Gasteiger partial charge in [-0.05, 0) is 33.2 Å². The molecular weight excluding hydrogens is 162 g/mol. The molecule has 0 spiro atoms. The Bertz CT molecular complexity index is 156. The second-order valence-electron chi connectivity index (χ2n) is 4.61. The highest BCUT2D eigenvalue weighted by Gasteiger charge is 2.33. The molecule has 0 aromatic heterocycles. The molecule has 1 fully saturated rings. The fourth-order valence-corrected chi connectivity index (χ4v) is 2.15. The predicted molar refractivity (Wildman–Crippen MR) is 55.8 cm³/mol. The van der Waals surface area contributed by atoms with Crippen molar-refractivity contribution in [2.24, 2.45) is 0 Å². The van der Waals surface area contributed by atoms with Crippen LogP contribution in [0.2, 0.25) is 0 Å². The van der Waals surface area contributed by atoms with Crippen molar-refractivity contribution in [1.29, 1.82) is 0 Å².